The number of nitrogens with zero attached hydrogens (tertiary/aromatic N) is 2. The number of amides is 1. The third kappa shape index (κ3) is 4.25. The molecule has 1 amide bonds. The molecule has 28 heavy (non-hydrogen) atoms. The van der Waals surface area contributed by atoms with Crippen molar-refractivity contribution in [1.82, 2.24) is 15.1 Å². The highest BCUT2D eigenvalue weighted by Gasteiger charge is 2.24. The maximum absolute atomic E-state index is 13.3. The first-order valence-corrected chi connectivity index (χ1v) is 8.89. The van der Waals surface area contributed by atoms with Gasteiger partial charge in [0.1, 0.15) is 17.1 Å². The number of hydrogen-bond donors (Lipinski definition) is 1. The van der Waals surface area contributed by atoms with Crippen LogP contribution in [0.1, 0.15) is 24.2 Å². The van der Waals surface area contributed by atoms with E-state index in [1.54, 1.807) is 17.8 Å². The zero-order chi connectivity index (χ0) is 20.1. The summed E-state index contributed by atoms with van der Waals surface area (Å²) in [5, 5.41) is 7.09. The molecule has 6 nitrogen and oxygen atoms in total. The standard InChI is InChI=1S/C21H20FN3O3/c1-3-23-20(26)14(2)28-21(27)18-13-25(17-7-5-4-6-8-17)24-19(18)15-9-11-16(22)12-10-15/h4-14H,3H2,1-2H3,(H,23,26)/t14-/m1/s1. The summed E-state index contributed by atoms with van der Waals surface area (Å²) in [6.07, 6.45) is 0.592. The lowest BCUT2D eigenvalue weighted by Crippen LogP contribution is -2.35. The average molecular weight is 381 g/mol. The highest BCUT2D eigenvalue weighted by Crippen LogP contribution is 2.25. The number of carbonyl (C=O) groups is 2. The molecule has 1 N–H and O–H groups in total. The highest BCUT2D eigenvalue weighted by molar-refractivity contribution is 5.97. The van der Waals surface area contributed by atoms with E-state index in [1.165, 1.54) is 31.2 Å². The molecule has 3 aromatic rings. The molecule has 3 rings (SSSR count). The van der Waals surface area contributed by atoms with Gasteiger partial charge in [0.15, 0.2) is 6.10 Å². The Kier molecular flexibility index (Phi) is 5.84. The first-order chi connectivity index (χ1) is 13.5. The number of aromatic nitrogens is 2. The third-order valence-corrected chi connectivity index (χ3v) is 4.08. The van der Waals surface area contributed by atoms with Crippen LogP contribution in [-0.2, 0) is 9.53 Å². The van der Waals surface area contributed by atoms with Gasteiger partial charge in [0.05, 0.1) is 5.69 Å². The summed E-state index contributed by atoms with van der Waals surface area (Å²) >= 11 is 0. The van der Waals surface area contributed by atoms with Crippen LogP contribution >= 0.6 is 0 Å². The van der Waals surface area contributed by atoms with Crippen LogP contribution in [0.4, 0.5) is 4.39 Å². The number of esters is 1. The molecule has 0 unspecified atom stereocenters. The minimum absolute atomic E-state index is 0.187. The highest BCUT2D eigenvalue weighted by atomic mass is 19.1. The molecule has 0 aliphatic carbocycles. The van der Waals surface area contributed by atoms with E-state index in [2.05, 4.69) is 10.4 Å². The van der Waals surface area contributed by atoms with Crippen LogP contribution < -0.4 is 5.32 Å². The Bertz CT molecular complexity index is 968. The lowest BCUT2D eigenvalue weighted by atomic mass is 10.1. The van der Waals surface area contributed by atoms with Crippen LogP contribution in [0.2, 0.25) is 0 Å². The predicted octanol–water partition coefficient (Wildman–Crippen LogP) is 3.36. The Morgan fingerprint density at radius 1 is 1.14 bits per heavy atom. The number of rotatable bonds is 6. The van der Waals surface area contributed by atoms with Crippen molar-refractivity contribution >= 4 is 11.9 Å². The van der Waals surface area contributed by atoms with Gasteiger partial charge in [-0.05, 0) is 50.2 Å². The lowest BCUT2D eigenvalue weighted by molar-refractivity contribution is -0.128. The molecule has 144 valence electrons. The van der Waals surface area contributed by atoms with E-state index in [4.69, 9.17) is 4.74 Å². The second kappa shape index (κ2) is 8.47. The fourth-order valence-electron chi connectivity index (χ4n) is 2.65. The molecular weight excluding hydrogens is 361 g/mol. The SMILES string of the molecule is CCNC(=O)[C@@H](C)OC(=O)c1cn(-c2ccccc2)nc1-c1ccc(F)cc1. The van der Waals surface area contributed by atoms with E-state index < -0.39 is 12.1 Å². The van der Waals surface area contributed by atoms with E-state index >= 15 is 0 Å². The minimum atomic E-state index is -0.950. The van der Waals surface area contributed by atoms with Crippen LogP contribution in [-0.4, -0.2) is 34.3 Å². The largest absolute Gasteiger partial charge is 0.449 e. The Labute approximate surface area is 161 Å². The monoisotopic (exact) mass is 381 g/mol. The normalized spacial score (nSPS) is 11.7. The van der Waals surface area contributed by atoms with Gasteiger partial charge in [0.2, 0.25) is 0 Å². The van der Waals surface area contributed by atoms with Gasteiger partial charge in [-0.25, -0.2) is 13.9 Å². The Hall–Kier alpha value is -3.48. The summed E-state index contributed by atoms with van der Waals surface area (Å²) in [5.74, 6) is -1.45. The van der Waals surface area contributed by atoms with Gasteiger partial charge in [0, 0.05) is 18.3 Å². The fourth-order valence-corrected chi connectivity index (χ4v) is 2.65. The molecule has 1 aromatic heterocycles. The van der Waals surface area contributed by atoms with Gasteiger partial charge in [-0.3, -0.25) is 4.79 Å². The van der Waals surface area contributed by atoms with Crippen molar-refractivity contribution in [3.8, 4) is 16.9 Å². The quantitative estimate of drug-likeness (QED) is 0.665. The van der Waals surface area contributed by atoms with Crippen LogP contribution in [0.15, 0.2) is 60.8 Å². The molecule has 1 heterocycles. The number of carbonyl (C=O) groups excluding carboxylic acids is 2. The van der Waals surface area contributed by atoms with Crippen LogP contribution in [0, 0.1) is 5.82 Å². The van der Waals surface area contributed by atoms with Crippen molar-refractivity contribution in [2.24, 2.45) is 0 Å². The van der Waals surface area contributed by atoms with Crippen molar-refractivity contribution in [2.45, 2.75) is 20.0 Å². The Morgan fingerprint density at radius 3 is 2.46 bits per heavy atom. The Morgan fingerprint density at radius 2 is 1.82 bits per heavy atom. The van der Waals surface area contributed by atoms with Gasteiger partial charge >= 0.3 is 5.97 Å². The topological polar surface area (TPSA) is 73.2 Å². The molecule has 0 saturated carbocycles. The molecule has 0 aliphatic heterocycles. The van der Waals surface area contributed by atoms with Gasteiger partial charge < -0.3 is 10.1 Å². The minimum Gasteiger partial charge on any atom is -0.449 e. The van der Waals surface area contributed by atoms with Gasteiger partial charge in [-0.15, -0.1) is 0 Å². The number of halogens is 1. The maximum Gasteiger partial charge on any atom is 0.342 e. The van der Waals surface area contributed by atoms with E-state index in [9.17, 15) is 14.0 Å². The summed E-state index contributed by atoms with van der Waals surface area (Å²) in [6.45, 7) is 3.72. The zero-order valence-electron chi connectivity index (χ0n) is 15.6. The van der Waals surface area contributed by atoms with Crippen LogP contribution in [0.5, 0.6) is 0 Å². The zero-order valence-corrected chi connectivity index (χ0v) is 15.6. The molecule has 1 atom stereocenters. The van der Waals surface area contributed by atoms with E-state index in [0.29, 0.717) is 17.8 Å². The number of nitrogens with one attached hydrogen (secondary N) is 1. The first kappa shape index (κ1) is 19.3. The molecule has 0 saturated heterocycles. The fraction of sp³-hybridized carbons (Fsp3) is 0.190. The second-order valence-corrected chi connectivity index (χ2v) is 6.12. The molecule has 0 aliphatic rings. The van der Waals surface area contributed by atoms with E-state index in [1.807, 2.05) is 30.3 Å². The number of likely N-dealkylation sites (N-methyl/N-ethyl adjacent to an activating group) is 1. The molecule has 0 radical (unpaired) electrons. The molecule has 0 fully saturated rings. The summed E-state index contributed by atoms with van der Waals surface area (Å²) in [5.41, 5.74) is 1.85. The van der Waals surface area contributed by atoms with Crippen LogP contribution in [0.3, 0.4) is 0 Å². The van der Waals surface area contributed by atoms with Gasteiger partial charge in [-0.1, -0.05) is 18.2 Å². The van der Waals surface area contributed by atoms with Crippen LogP contribution in [0.25, 0.3) is 16.9 Å². The molecule has 2 aromatic carbocycles. The number of benzene rings is 2. The van der Waals surface area contributed by atoms with Crippen molar-refractivity contribution in [2.75, 3.05) is 6.54 Å². The number of ether oxygens (including phenoxy) is 1. The smallest absolute Gasteiger partial charge is 0.342 e. The third-order valence-electron chi connectivity index (χ3n) is 4.08. The second-order valence-electron chi connectivity index (χ2n) is 6.12. The molecule has 7 heteroatoms. The Balaban J connectivity index is 1.98. The summed E-state index contributed by atoms with van der Waals surface area (Å²) in [4.78, 5) is 24.6. The predicted molar refractivity (Wildman–Crippen MR) is 103 cm³/mol. The summed E-state index contributed by atoms with van der Waals surface area (Å²) in [6, 6.07) is 14.9. The summed E-state index contributed by atoms with van der Waals surface area (Å²) < 4.78 is 20.2. The van der Waals surface area contributed by atoms with Crippen molar-refractivity contribution < 1.29 is 18.7 Å². The number of para-hydroxylation sites is 1. The average Bonchev–Trinajstić information content (AvgIpc) is 3.15. The van der Waals surface area contributed by atoms with Crippen molar-refractivity contribution in [3.63, 3.8) is 0 Å². The summed E-state index contributed by atoms with van der Waals surface area (Å²) in [7, 11) is 0. The van der Waals surface area contributed by atoms with Crippen molar-refractivity contribution in [3.05, 3.63) is 72.2 Å². The van der Waals surface area contributed by atoms with Gasteiger partial charge in [-0.2, -0.15) is 5.10 Å². The number of hydrogen-bond acceptors (Lipinski definition) is 4. The van der Waals surface area contributed by atoms with Crippen molar-refractivity contribution in [1.29, 1.82) is 0 Å². The van der Waals surface area contributed by atoms with E-state index in [-0.39, 0.29) is 17.3 Å². The van der Waals surface area contributed by atoms with E-state index in [0.717, 1.165) is 5.69 Å². The maximum atomic E-state index is 13.3. The first-order valence-electron chi connectivity index (χ1n) is 8.89. The molecular formula is C21H20FN3O3. The van der Waals surface area contributed by atoms with Gasteiger partial charge in [0.25, 0.3) is 5.91 Å². The molecule has 0 spiro atoms. The molecule has 0 bridgehead atoms. The lowest BCUT2D eigenvalue weighted by Gasteiger charge is -2.12.